The van der Waals surface area contributed by atoms with Crippen molar-refractivity contribution >= 4 is 23.3 Å². The highest BCUT2D eigenvalue weighted by molar-refractivity contribution is 7.11. The van der Waals surface area contributed by atoms with Gasteiger partial charge >= 0.3 is 6.09 Å². The molecule has 1 aromatic rings. The highest BCUT2D eigenvalue weighted by atomic mass is 32.1. The van der Waals surface area contributed by atoms with Crippen molar-refractivity contribution in [1.82, 2.24) is 14.8 Å². The summed E-state index contributed by atoms with van der Waals surface area (Å²) in [4.78, 5) is 32.9. The minimum absolute atomic E-state index is 0.00339. The summed E-state index contributed by atoms with van der Waals surface area (Å²) in [5, 5.41) is 0. The lowest BCUT2D eigenvalue weighted by Crippen LogP contribution is -2.56. The molecule has 1 aliphatic rings. The lowest BCUT2D eigenvalue weighted by molar-refractivity contribution is 0.00624. The van der Waals surface area contributed by atoms with Crippen LogP contribution in [-0.2, 0) is 4.74 Å². The number of amides is 2. The third-order valence-electron chi connectivity index (χ3n) is 3.48. The summed E-state index contributed by atoms with van der Waals surface area (Å²) >= 11 is 1.36. The minimum atomic E-state index is -0.507. The van der Waals surface area contributed by atoms with E-state index < -0.39 is 5.60 Å². The summed E-state index contributed by atoms with van der Waals surface area (Å²) in [6, 6.07) is -0.0460. The molecule has 0 saturated carbocycles. The molecular formula is C15H23N3O3S. The Hall–Kier alpha value is -1.63. The van der Waals surface area contributed by atoms with E-state index in [4.69, 9.17) is 4.74 Å². The number of ether oxygens (including phenoxy) is 1. The fourth-order valence-corrected chi connectivity index (χ4v) is 3.15. The van der Waals surface area contributed by atoms with Crippen molar-refractivity contribution in [2.75, 3.05) is 19.6 Å². The number of aromatic nitrogens is 1. The lowest BCUT2D eigenvalue weighted by Gasteiger charge is -2.40. The van der Waals surface area contributed by atoms with Crippen LogP contribution in [0.3, 0.4) is 0 Å². The molecular weight excluding hydrogens is 302 g/mol. The molecule has 0 aromatic carbocycles. The molecule has 1 fully saturated rings. The van der Waals surface area contributed by atoms with Crippen molar-refractivity contribution in [3.8, 4) is 0 Å². The second-order valence-corrected chi connectivity index (χ2v) is 7.40. The highest BCUT2D eigenvalue weighted by Crippen LogP contribution is 2.20. The van der Waals surface area contributed by atoms with Crippen molar-refractivity contribution in [1.29, 1.82) is 0 Å². The Morgan fingerprint density at radius 2 is 2.05 bits per heavy atom. The molecule has 1 aliphatic heterocycles. The topological polar surface area (TPSA) is 62.7 Å². The molecule has 0 spiro atoms. The predicted octanol–water partition coefficient (Wildman–Crippen LogP) is 2.53. The van der Waals surface area contributed by atoms with Crippen LogP contribution in [0, 0.1) is 6.92 Å². The summed E-state index contributed by atoms with van der Waals surface area (Å²) in [5.41, 5.74) is 1.94. The number of thiazole rings is 1. The van der Waals surface area contributed by atoms with Gasteiger partial charge in [0.05, 0.1) is 11.2 Å². The van der Waals surface area contributed by atoms with Crippen LogP contribution < -0.4 is 0 Å². The summed E-state index contributed by atoms with van der Waals surface area (Å²) in [7, 11) is 0. The van der Waals surface area contributed by atoms with Gasteiger partial charge in [-0.3, -0.25) is 4.79 Å². The molecule has 1 saturated heterocycles. The van der Waals surface area contributed by atoms with Gasteiger partial charge in [-0.1, -0.05) is 0 Å². The van der Waals surface area contributed by atoms with Crippen molar-refractivity contribution < 1.29 is 14.3 Å². The van der Waals surface area contributed by atoms with E-state index in [9.17, 15) is 9.59 Å². The standard InChI is InChI=1S/C15H23N3O3S/c1-10-8-17(14(20)21-15(3,4)5)6-7-18(10)13(19)12-11(2)16-9-22-12/h9-10H,6-8H2,1-5H3/t10-/m1/s1. The lowest BCUT2D eigenvalue weighted by atomic mass is 10.1. The van der Waals surface area contributed by atoms with Gasteiger partial charge in [-0.15, -0.1) is 11.3 Å². The molecule has 2 amide bonds. The Morgan fingerprint density at radius 3 is 2.55 bits per heavy atom. The van der Waals surface area contributed by atoms with E-state index in [1.165, 1.54) is 11.3 Å². The Morgan fingerprint density at radius 1 is 1.36 bits per heavy atom. The Bertz CT molecular complexity index is 565. The van der Waals surface area contributed by atoms with Crippen molar-refractivity contribution in [3.63, 3.8) is 0 Å². The quantitative estimate of drug-likeness (QED) is 0.796. The molecule has 122 valence electrons. The van der Waals surface area contributed by atoms with Gasteiger partial charge in [0.25, 0.3) is 5.91 Å². The zero-order chi connectivity index (χ0) is 16.5. The van der Waals surface area contributed by atoms with Gasteiger partial charge in [-0.25, -0.2) is 9.78 Å². The average Bonchev–Trinajstić information content (AvgIpc) is 2.82. The fraction of sp³-hybridized carbons (Fsp3) is 0.667. The third-order valence-corrected chi connectivity index (χ3v) is 4.40. The first-order chi connectivity index (χ1) is 10.2. The second kappa shape index (κ2) is 6.24. The Labute approximate surface area is 135 Å². The van der Waals surface area contributed by atoms with Gasteiger partial charge in [0.2, 0.25) is 0 Å². The maximum Gasteiger partial charge on any atom is 0.410 e. The fourth-order valence-electron chi connectivity index (χ4n) is 2.39. The van der Waals surface area contributed by atoms with E-state index in [-0.39, 0.29) is 18.0 Å². The molecule has 2 heterocycles. The molecule has 0 N–H and O–H groups in total. The monoisotopic (exact) mass is 325 g/mol. The van der Waals surface area contributed by atoms with Crippen LogP contribution in [-0.4, -0.2) is 58.1 Å². The third kappa shape index (κ3) is 3.76. The normalized spacial score (nSPS) is 19.2. The maximum atomic E-state index is 12.6. The number of nitrogens with zero attached hydrogens (tertiary/aromatic N) is 3. The van der Waals surface area contributed by atoms with Crippen molar-refractivity contribution in [3.05, 3.63) is 16.1 Å². The summed E-state index contributed by atoms with van der Waals surface area (Å²) in [5.74, 6) is -0.00339. The molecule has 6 nitrogen and oxygen atoms in total. The first-order valence-corrected chi connectivity index (χ1v) is 8.26. The molecule has 0 aliphatic carbocycles. The first kappa shape index (κ1) is 16.7. The largest absolute Gasteiger partial charge is 0.444 e. The molecule has 2 rings (SSSR count). The molecule has 0 radical (unpaired) electrons. The van der Waals surface area contributed by atoms with Crippen LogP contribution in [0.2, 0.25) is 0 Å². The number of piperazine rings is 1. The molecule has 7 heteroatoms. The van der Waals surface area contributed by atoms with E-state index in [0.29, 0.717) is 24.5 Å². The second-order valence-electron chi connectivity index (χ2n) is 6.54. The first-order valence-electron chi connectivity index (χ1n) is 7.38. The number of rotatable bonds is 1. The van der Waals surface area contributed by atoms with E-state index in [0.717, 1.165) is 5.69 Å². The number of hydrogen-bond donors (Lipinski definition) is 0. The van der Waals surface area contributed by atoms with E-state index >= 15 is 0 Å². The van der Waals surface area contributed by atoms with Gasteiger partial charge in [0, 0.05) is 25.7 Å². The number of carbonyl (C=O) groups excluding carboxylic acids is 2. The Balaban J connectivity index is 2.00. The van der Waals surface area contributed by atoms with E-state index in [1.807, 2.05) is 34.6 Å². The maximum absolute atomic E-state index is 12.6. The summed E-state index contributed by atoms with van der Waals surface area (Å²) in [6.07, 6.45) is -0.319. The van der Waals surface area contributed by atoms with Crippen LogP contribution in [0.4, 0.5) is 4.79 Å². The number of carbonyl (C=O) groups is 2. The molecule has 1 aromatic heterocycles. The number of aryl methyl sites for hydroxylation is 1. The Kier molecular flexibility index (Phi) is 4.75. The highest BCUT2D eigenvalue weighted by Gasteiger charge is 2.33. The number of hydrogen-bond acceptors (Lipinski definition) is 5. The minimum Gasteiger partial charge on any atom is -0.444 e. The van der Waals surface area contributed by atoms with Crippen LogP contribution >= 0.6 is 11.3 Å². The SMILES string of the molecule is Cc1ncsc1C(=O)N1CCN(C(=O)OC(C)(C)C)C[C@H]1C. The molecule has 1 atom stereocenters. The van der Waals surface area contributed by atoms with Crippen LogP contribution in [0.25, 0.3) is 0 Å². The van der Waals surface area contributed by atoms with E-state index in [2.05, 4.69) is 4.98 Å². The van der Waals surface area contributed by atoms with Crippen LogP contribution in [0.5, 0.6) is 0 Å². The molecule has 0 bridgehead atoms. The van der Waals surface area contributed by atoms with Crippen molar-refractivity contribution in [2.24, 2.45) is 0 Å². The summed E-state index contributed by atoms with van der Waals surface area (Å²) < 4.78 is 5.39. The van der Waals surface area contributed by atoms with Crippen LogP contribution in [0.15, 0.2) is 5.51 Å². The van der Waals surface area contributed by atoms with Gasteiger partial charge in [0.15, 0.2) is 0 Å². The summed E-state index contributed by atoms with van der Waals surface area (Å²) in [6.45, 7) is 10.8. The van der Waals surface area contributed by atoms with Gasteiger partial charge in [-0.05, 0) is 34.6 Å². The molecule has 22 heavy (non-hydrogen) atoms. The predicted molar refractivity (Wildman–Crippen MR) is 85.2 cm³/mol. The average molecular weight is 325 g/mol. The van der Waals surface area contributed by atoms with Gasteiger partial charge in [-0.2, -0.15) is 0 Å². The van der Waals surface area contributed by atoms with Gasteiger partial charge in [0.1, 0.15) is 10.5 Å². The molecule has 0 unspecified atom stereocenters. The van der Waals surface area contributed by atoms with E-state index in [1.54, 1.807) is 15.3 Å². The van der Waals surface area contributed by atoms with Gasteiger partial charge < -0.3 is 14.5 Å². The zero-order valence-corrected chi connectivity index (χ0v) is 14.6. The van der Waals surface area contributed by atoms with Crippen molar-refractivity contribution in [2.45, 2.75) is 46.3 Å². The van der Waals surface area contributed by atoms with Crippen LogP contribution in [0.1, 0.15) is 43.1 Å². The zero-order valence-electron chi connectivity index (χ0n) is 13.8. The smallest absolute Gasteiger partial charge is 0.410 e.